The van der Waals surface area contributed by atoms with E-state index in [0.29, 0.717) is 25.1 Å². The molecule has 2 saturated heterocycles. The fraction of sp³-hybridized carbons (Fsp3) is 0.636. The lowest BCUT2D eigenvalue weighted by atomic mass is 9.87. The highest BCUT2D eigenvalue weighted by molar-refractivity contribution is 5.96. The van der Waals surface area contributed by atoms with Crippen LogP contribution in [0.25, 0.3) is 0 Å². The number of aromatic nitrogens is 2. The van der Waals surface area contributed by atoms with Crippen molar-refractivity contribution in [1.29, 1.82) is 0 Å². The summed E-state index contributed by atoms with van der Waals surface area (Å²) >= 11 is 0. The maximum absolute atomic E-state index is 13.3. The van der Waals surface area contributed by atoms with Crippen molar-refractivity contribution in [2.24, 2.45) is 5.92 Å². The number of nitrogens with zero attached hydrogens (tertiary/aromatic N) is 4. The van der Waals surface area contributed by atoms with Gasteiger partial charge in [-0.2, -0.15) is 0 Å². The summed E-state index contributed by atoms with van der Waals surface area (Å²) in [7, 11) is 0. The Labute approximate surface area is 187 Å². The molecule has 4 rings (SSSR count). The van der Waals surface area contributed by atoms with Crippen LogP contribution in [0.1, 0.15) is 55.3 Å². The first-order valence-corrected chi connectivity index (χ1v) is 11.5. The Balaban J connectivity index is 1.51. The molecule has 0 spiro atoms. The molecule has 3 fully saturated rings. The molecule has 2 N–H and O–H groups in total. The minimum Gasteiger partial charge on any atom is -0.354 e. The van der Waals surface area contributed by atoms with Gasteiger partial charge in [0.15, 0.2) is 0 Å². The second-order valence-corrected chi connectivity index (χ2v) is 8.76. The minimum absolute atomic E-state index is 0.0203. The van der Waals surface area contributed by atoms with Crippen LogP contribution in [-0.4, -0.2) is 81.7 Å². The number of carbonyl (C=O) groups is 4. The number of carbonyl (C=O) groups excluding carboxylic acids is 4. The second-order valence-electron chi connectivity index (χ2n) is 8.76. The normalized spacial score (nSPS) is 24.6. The summed E-state index contributed by atoms with van der Waals surface area (Å²) < 4.78 is 0. The number of nitrogens with one attached hydrogen (secondary N) is 2. The van der Waals surface area contributed by atoms with Gasteiger partial charge in [0.1, 0.15) is 18.4 Å². The fourth-order valence-corrected chi connectivity index (χ4v) is 4.81. The zero-order valence-electron chi connectivity index (χ0n) is 18.2. The molecule has 1 aliphatic carbocycles. The molecule has 0 radical (unpaired) electrons. The van der Waals surface area contributed by atoms with Crippen molar-refractivity contribution in [3.63, 3.8) is 0 Å². The van der Waals surface area contributed by atoms with Crippen LogP contribution in [0, 0.1) is 5.92 Å². The molecule has 10 heteroatoms. The van der Waals surface area contributed by atoms with E-state index in [0.717, 1.165) is 38.5 Å². The SMILES string of the molecule is O=C(N[C@@H]1CCCNC1=O)[C@H]1CN(C(=O)c2cncnc2)CCN1C(=O)C1CCCCC1. The van der Waals surface area contributed by atoms with E-state index in [1.165, 1.54) is 18.7 Å². The molecule has 1 saturated carbocycles. The van der Waals surface area contributed by atoms with Gasteiger partial charge in [0.2, 0.25) is 17.7 Å². The van der Waals surface area contributed by atoms with Crippen LogP contribution >= 0.6 is 0 Å². The van der Waals surface area contributed by atoms with Gasteiger partial charge >= 0.3 is 0 Å². The molecule has 0 bridgehead atoms. The highest BCUT2D eigenvalue weighted by atomic mass is 16.2. The van der Waals surface area contributed by atoms with E-state index in [9.17, 15) is 19.2 Å². The van der Waals surface area contributed by atoms with Crippen molar-refractivity contribution in [3.8, 4) is 0 Å². The van der Waals surface area contributed by atoms with Crippen LogP contribution in [0.4, 0.5) is 0 Å². The molecule has 1 aromatic rings. The molecule has 3 aliphatic rings. The summed E-state index contributed by atoms with van der Waals surface area (Å²) in [5, 5.41) is 5.58. The Morgan fingerprint density at radius 3 is 2.47 bits per heavy atom. The van der Waals surface area contributed by atoms with E-state index >= 15 is 0 Å². The van der Waals surface area contributed by atoms with Gasteiger partial charge in [-0.3, -0.25) is 19.2 Å². The van der Waals surface area contributed by atoms with Crippen molar-refractivity contribution in [2.75, 3.05) is 26.2 Å². The van der Waals surface area contributed by atoms with Crippen LogP contribution < -0.4 is 10.6 Å². The molecule has 1 aromatic heterocycles. The zero-order chi connectivity index (χ0) is 22.5. The average Bonchev–Trinajstić information content (AvgIpc) is 2.85. The van der Waals surface area contributed by atoms with Gasteiger partial charge < -0.3 is 20.4 Å². The lowest BCUT2D eigenvalue weighted by Crippen LogP contribution is -2.64. The number of amides is 4. The van der Waals surface area contributed by atoms with Crippen LogP contribution in [0.5, 0.6) is 0 Å². The number of piperazine rings is 1. The molecule has 10 nitrogen and oxygen atoms in total. The van der Waals surface area contributed by atoms with Crippen LogP contribution in [0.3, 0.4) is 0 Å². The topological polar surface area (TPSA) is 125 Å². The number of piperidine rings is 1. The third-order valence-corrected chi connectivity index (χ3v) is 6.62. The van der Waals surface area contributed by atoms with Crippen molar-refractivity contribution >= 4 is 23.6 Å². The number of hydrogen-bond acceptors (Lipinski definition) is 6. The molecule has 2 atom stereocenters. The lowest BCUT2D eigenvalue weighted by Gasteiger charge is -2.42. The Bertz CT molecular complexity index is 857. The van der Waals surface area contributed by atoms with Gasteiger partial charge in [-0.15, -0.1) is 0 Å². The van der Waals surface area contributed by atoms with Gasteiger partial charge in [-0.25, -0.2) is 9.97 Å². The van der Waals surface area contributed by atoms with E-state index in [2.05, 4.69) is 20.6 Å². The molecule has 0 unspecified atom stereocenters. The quantitative estimate of drug-likeness (QED) is 0.682. The van der Waals surface area contributed by atoms with Gasteiger partial charge in [0.05, 0.1) is 12.1 Å². The fourth-order valence-electron chi connectivity index (χ4n) is 4.81. The first kappa shape index (κ1) is 22.2. The monoisotopic (exact) mass is 442 g/mol. The maximum atomic E-state index is 13.3. The molecule has 32 heavy (non-hydrogen) atoms. The van der Waals surface area contributed by atoms with Crippen molar-refractivity contribution in [3.05, 3.63) is 24.3 Å². The molecule has 3 heterocycles. The Kier molecular flexibility index (Phi) is 6.96. The minimum atomic E-state index is -0.832. The van der Waals surface area contributed by atoms with E-state index in [1.54, 1.807) is 9.80 Å². The number of rotatable bonds is 4. The highest BCUT2D eigenvalue weighted by Gasteiger charge is 2.40. The van der Waals surface area contributed by atoms with Gasteiger partial charge in [-0.1, -0.05) is 19.3 Å². The predicted octanol–water partition coefficient (Wildman–Crippen LogP) is 0.105. The Hall–Kier alpha value is -3.04. The summed E-state index contributed by atoms with van der Waals surface area (Å²) in [6.45, 7) is 1.29. The van der Waals surface area contributed by atoms with Gasteiger partial charge in [-0.05, 0) is 25.7 Å². The van der Waals surface area contributed by atoms with E-state index in [-0.39, 0.29) is 36.7 Å². The molecular formula is C22H30N6O4. The smallest absolute Gasteiger partial charge is 0.257 e. The molecular weight excluding hydrogens is 412 g/mol. The predicted molar refractivity (Wildman–Crippen MR) is 114 cm³/mol. The van der Waals surface area contributed by atoms with Crippen molar-refractivity contribution in [2.45, 2.75) is 57.0 Å². The molecule has 172 valence electrons. The van der Waals surface area contributed by atoms with E-state index in [4.69, 9.17) is 0 Å². The summed E-state index contributed by atoms with van der Waals surface area (Å²) in [4.78, 5) is 62.6. The summed E-state index contributed by atoms with van der Waals surface area (Å²) in [5.41, 5.74) is 0.338. The largest absolute Gasteiger partial charge is 0.354 e. The van der Waals surface area contributed by atoms with Crippen LogP contribution in [0.2, 0.25) is 0 Å². The van der Waals surface area contributed by atoms with Crippen molar-refractivity contribution < 1.29 is 19.2 Å². The standard InChI is InChI=1S/C22H30N6O4/c29-19-17(7-4-8-25-19)26-20(30)18-13-27(21(31)16-11-23-14-24-12-16)9-10-28(18)22(32)15-5-2-1-3-6-15/h11-12,14-15,17-18H,1-10,13H2,(H,25,29)(H,26,30)/t17-,18-/m1/s1. The third kappa shape index (κ3) is 4.89. The van der Waals surface area contributed by atoms with E-state index in [1.807, 2.05) is 0 Å². The highest BCUT2D eigenvalue weighted by Crippen LogP contribution is 2.27. The van der Waals surface area contributed by atoms with Gasteiger partial charge in [0, 0.05) is 37.9 Å². The summed E-state index contributed by atoms with van der Waals surface area (Å²) in [6.07, 6.45) is 10.4. The average molecular weight is 443 g/mol. The lowest BCUT2D eigenvalue weighted by molar-refractivity contribution is -0.148. The van der Waals surface area contributed by atoms with Gasteiger partial charge in [0.25, 0.3) is 5.91 Å². The summed E-state index contributed by atoms with van der Waals surface area (Å²) in [6, 6.07) is -1.45. The third-order valence-electron chi connectivity index (χ3n) is 6.62. The summed E-state index contributed by atoms with van der Waals surface area (Å²) in [5.74, 6) is -0.976. The zero-order valence-corrected chi connectivity index (χ0v) is 18.2. The number of hydrogen-bond donors (Lipinski definition) is 2. The molecule has 0 aromatic carbocycles. The maximum Gasteiger partial charge on any atom is 0.257 e. The second kappa shape index (κ2) is 10.1. The van der Waals surface area contributed by atoms with Crippen LogP contribution in [0.15, 0.2) is 18.7 Å². The first-order chi connectivity index (χ1) is 15.5. The molecule has 4 amide bonds. The first-order valence-electron chi connectivity index (χ1n) is 11.5. The molecule has 2 aliphatic heterocycles. The van der Waals surface area contributed by atoms with Crippen molar-refractivity contribution in [1.82, 2.24) is 30.4 Å². The Morgan fingerprint density at radius 2 is 1.75 bits per heavy atom. The van der Waals surface area contributed by atoms with E-state index < -0.39 is 18.0 Å². The Morgan fingerprint density at radius 1 is 1.00 bits per heavy atom. The van der Waals surface area contributed by atoms with Crippen LogP contribution in [-0.2, 0) is 14.4 Å².